The number of anilines is 1. The molecule has 0 aliphatic heterocycles. The molecule has 2 unspecified atom stereocenters. The van der Waals surface area contributed by atoms with E-state index in [2.05, 4.69) is 35.8 Å². The number of nitrogens with one attached hydrogen (secondary N) is 2. The number of carbonyl (C=O) groups excluding carboxylic acids is 1. The Labute approximate surface area is 145 Å². The zero-order chi connectivity index (χ0) is 17.7. The second kappa shape index (κ2) is 7.77. The smallest absolute Gasteiger partial charge is 0.407 e. The number of hydrogen-bond donors (Lipinski definition) is 2. The lowest BCUT2D eigenvalue weighted by Crippen LogP contribution is -2.38. The van der Waals surface area contributed by atoms with Crippen LogP contribution in [-0.2, 0) is 4.74 Å². The monoisotopic (exact) mass is 334 g/mol. The Morgan fingerprint density at radius 1 is 1.25 bits per heavy atom. The van der Waals surface area contributed by atoms with Gasteiger partial charge in [-0.25, -0.2) is 4.79 Å². The molecule has 0 radical (unpaired) electrons. The fourth-order valence-electron chi connectivity index (χ4n) is 2.96. The molecule has 1 aromatic rings. The molecule has 1 amide bonds. The largest absolute Gasteiger partial charge is 0.492 e. The van der Waals surface area contributed by atoms with E-state index >= 15 is 0 Å². The van der Waals surface area contributed by atoms with E-state index in [1.54, 1.807) is 0 Å². The van der Waals surface area contributed by atoms with Gasteiger partial charge in [-0.15, -0.1) is 0 Å². The van der Waals surface area contributed by atoms with Gasteiger partial charge in [0.2, 0.25) is 0 Å². The molecule has 5 heteroatoms. The van der Waals surface area contributed by atoms with Gasteiger partial charge >= 0.3 is 6.09 Å². The van der Waals surface area contributed by atoms with Crippen molar-refractivity contribution < 1.29 is 14.3 Å². The van der Waals surface area contributed by atoms with E-state index in [0.29, 0.717) is 12.6 Å². The number of alkyl carbamates (subject to hydrolysis) is 1. The third-order valence-corrected chi connectivity index (χ3v) is 3.95. The van der Waals surface area contributed by atoms with Crippen LogP contribution in [0.2, 0.25) is 0 Å². The Morgan fingerprint density at radius 2 is 1.96 bits per heavy atom. The number of hydrogen-bond acceptors (Lipinski definition) is 4. The van der Waals surface area contributed by atoms with Crippen molar-refractivity contribution in [2.24, 2.45) is 0 Å². The molecule has 1 aromatic carbocycles. The second-order valence-electron chi connectivity index (χ2n) is 7.43. The molecule has 2 atom stereocenters. The first-order valence-corrected chi connectivity index (χ1v) is 8.76. The summed E-state index contributed by atoms with van der Waals surface area (Å²) in [4.78, 5) is 11.9. The molecule has 0 spiro atoms. The Bertz CT molecular complexity index is 566. The van der Waals surface area contributed by atoms with Crippen LogP contribution in [0.4, 0.5) is 10.5 Å². The second-order valence-corrected chi connectivity index (χ2v) is 7.43. The molecule has 0 aromatic heterocycles. The topological polar surface area (TPSA) is 59.6 Å². The molecule has 0 heterocycles. The summed E-state index contributed by atoms with van der Waals surface area (Å²) >= 11 is 0. The van der Waals surface area contributed by atoms with Crippen molar-refractivity contribution in [1.29, 1.82) is 0 Å². The average Bonchev–Trinajstić information content (AvgIpc) is 2.87. The predicted molar refractivity (Wildman–Crippen MR) is 96.8 cm³/mol. The lowest BCUT2D eigenvalue weighted by molar-refractivity contribution is 0.0505. The molecule has 0 bridgehead atoms. The maximum absolute atomic E-state index is 11.9. The van der Waals surface area contributed by atoms with Gasteiger partial charge in [0.15, 0.2) is 0 Å². The van der Waals surface area contributed by atoms with Crippen LogP contribution in [0.15, 0.2) is 18.2 Å². The van der Waals surface area contributed by atoms with Gasteiger partial charge < -0.3 is 20.1 Å². The van der Waals surface area contributed by atoms with Crippen LogP contribution >= 0.6 is 0 Å². The maximum Gasteiger partial charge on any atom is 0.407 e. The molecule has 2 N–H and O–H groups in total. The summed E-state index contributed by atoms with van der Waals surface area (Å²) in [5.74, 6) is 0.890. The molecular formula is C19H30N2O3. The number of ether oxygens (including phenoxy) is 2. The van der Waals surface area contributed by atoms with E-state index in [1.165, 1.54) is 5.56 Å². The van der Waals surface area contributed by atoms with Crippen molar-refractivity contribution in [3.63, 3.8) is 0 Å². The highest BCUT2D eigenvalue weighted by Gasteiger charge is 2.28. The van der Waals surface area contributed by atoms with Crippen LogP contribution in [0.3, 0.4) is 0 Å². The minimum atomic E-state index is -0.464. The highest BCUT2D eigenvalue weighted by Crippen LogP contribution is 2.30. The Kier molecular flexibility index (Phi) is 5.97. The van der Waals surface area contributed by atoms with E-state index in [4.69, 9.17) is 9.47 Å². The number of amides is 1. The lowest BCUT2D eigenvalue weighted by Gasteiger charge is -2.22. The first kappa shape index (κ1) is 18.4. The summed E-state index contributed by atoms with van der Waals surface area (Å²) < 4.78 is 11.0. The Balaban J connectivity index is 1.89. The molecule has 1 aliphatic rings. The maximum atomic E-state index is 11.9. The third kappa shape index (κ3) is 5.62. The number of rotatable bonds is 5. The van der Waals surface area contributed by atoms with Gasteiger partial charge in [-0.3, -0.25) is 0 Å². The zero-order valence-electron chi connectivity index (χ0n) is 15.4. The fraction of sp³-hybridized carbons (Fsp3) is 0.632. The normalized spacial score (nSPS) is 20.5. The molecule has 134 valence electrons. The summed E-state index contributed by atoms with van der Waals surface area (Å²) in [5.41, 5.74) is 1.74. The van der Waals surface area contributed by atoms with Crippen LogP contribution in [0, 0.1) is 6.92 Å². The van der Waals surface area contributed by atoms with Gasteiger partial charge in [-0.05, 0) is 71.6 Å². The minimum Gasteiger partial charge on any atom is -0.492 e. The van der Waals surface area contributed by atoms with Crippen molar-refractivity contribution in [1.82, 2.24) is 5.32 Å². The van der Waals surface area contributed by atoms with Gasteiger partial charge in [0.05, 0.1) is 12.3 Å². The summed E-state index contributed by atoms with van der Waals surface area (Å²) in [6.45, 7) is 10.3. The van der Waals surface area contributed by atoms with Crippen LogP contribution in [0.5, 0.6) is 5.75 Å². The van der Waals surface area contributed by atoms with Crippen molar-refractivity contribution in [2.75, 3.05) is 11.9 Å². The van der Waals surface area contributed by atoms with E-state index in [-0.39, 0.29) is 12.1 Å². The standard InChI is InChI=1S/C19H30N2O3/c1-6-23-17-11-13(2)7-10-16(17)20-14-8-9-15(12-14)21-18(22)24-19(3,4)5/h7,10-11,14-15,20H,6,8-9,12H2,1-5H3,(H,21,22). The SMILES string of the molecule is CCOc1cc(C)ccc1NC1CCC(NC(=O)OC(C)(C)C)C1. The van der Waals surface area contributed by atoms with Crippen molar-refractivity contribution in [2.45, 2.75) is 71.6 Å². The van der Waals surface area contributed by atoms with Gasteiger partial charge in [-0.2, -0.15) is 0 Å². The van der Waals surface area contributed by atoms with Gasteiger partial charge in [-0.1, -0.05) is 6.07 Å². The van der Waals surface area contributed by atoms with Gasteiger partial charge in [0, 0.05) is 12.1 Å². The highest BCUT2D eigenvalue weighted by molar-refractivity contribution is 5.68. The third-order valence-electron chi connectivity index (χ3n) is 3.95. The quantitative estimate of drug-likeness (QED) is 0.845. The minimum absolute atomic E-state index is 0.151. The summed E-state index contributed by atoms with van der Waals surface area (Å²) in [5, 5.41) is 6.52. The fourth-order valence-corrected chi connectivity index (χ4v) is 2.96. The number of benzene rings is 1. The van der Waals surface area contributed by atoms with E-state index in [0.717, 1.165) is 30.7 Å². The molecule has 0 saturated heterocycles. The van der Waals surface area contributed by atoms with E-state index < -0.39 is 5.60 Å². The average molecular weight is 334 g/mol. The van der Waals surface area contributed by atoms with Crippen molar-refractivity contribution in [3.05, 3.63) is 23.8 Å². The van der Waals surface area contributed by atoms with Crippen LogP contribution in [0.1, 0.15) is 52.5 Å². The lowest BCUT2D eigenvalue weighted by atomic mass is 10.1. The Hall–Kier alpha value is -1.91. The van der Waals surface area contributed by atoms with E-state index in [9.17, 15) is 4.79 Å². The number of aryl methyl sites for hydroxylation is 1. The van der Waals surface area contributed by atoms with E-state index in [1.807, 2.05) is 27.7 Å². The van der Waals surface area contributed by atoms with Crippen molar-refractivity contribution >= 4 is 11.8 Å². The van der Waals surface area contributed by atoms with Crippen LogP contribution in [0.25, 0.3) is 0 Å². The zero-order valence-corrected chi connectivity index (χ0v) is 15.4. The molecule has 1 saturated carbocycles. The number of carbonyl (C=O) groups is 1. The molecular weight excluding hydrogens is 304 g/mol. The predicted octanol–water partition coefficient (Wildman–Crippen LogP) is 4.25. The summed E-state index contributed by atoms with van der Waals surface area (Å²) in [6.07, 6.45) is 2.52. The van der Waals surface area contributed by atoms with Crippen molar-refractivity contribution in [3.8, 4) is 5.75 Å². The molecule has 2 rings (SSSR count). The molecule has 1 fully saturated rings. The molecule has 5 nitrogen and oxygen atoms in total. The summed E-state index contributed by atoms with van der Waals surface area (Å²) in [7, 11) is 0. The first-order valence-electron chi connectivity index (χ1n) is 8.76. The van der Waals surface area contributed by atoms with Crippen LogP contribution < -0.4 is 15.4 Å². The van der Waals surface area contributed by atoms with Crippen LogP contribution in [-0.4, -0.2) is 30.4 Å². The summed E-state index contributed by atoms with van der Waals surface area (Å²) in [6, 6.07) is 6.67. The Morgan fingerprint density at radius 3 is 2.62 bits per heavy atom. The molecule has 1 aliphatic carbocycles. The van der Waals surface area contributed by atoms with Gasteiger partial charge in [0.25, 0.3) is 0 Å². The highest BCUT2D eigenvalue weighted by atomic mass is 16.6. The van der Waals surface area contributed by atoms with Gasteiger partial charge in [0.1, 0.15) is 11.4 Å². The molecule has 24 heavy (non-hydrogen) atoms. The first-order chi connectivity index (χ1) is 11.3.